The molecule has 0 aliphatic rings. The average molecular weight is 420 g/mol. The van der Waals surface area contributed by atoms with E-state index in [1.807, 2.05) is 55.5 Å². The molecule has 1 heterocycles. The number of aryl methyl sites for hydroxylation is 1. The van der Waals surface area contributed by atoms with Crippen LogP contribution in [0, 0.1) is 18.3 Å². The SMILES string of the molecule is Cc1ccc2occ(CN(Cc3ccccc3)C(=O)C[C@H](C)CC(C)(C)C)c(=O)c2c1. The molecule has 0 bridgehead atoms. The molecule has 0 aliphatic heterocycles. The zero-order valence-electron chi connectivity index (χ0n) is 19.3. The molecule has 0 N–H and O–H groups in total. The van der Waals surface area contributed by atoms with Crippen LogP contribution in [0.2, 0.25) is 0 Å². The Morgan fingerprint density at radius 1 is 1.06 bits per heavy atom. The fourth-order valence-electron chi connectivity index (χ4n) is 4.18. The standard InChI is InChI=1S/C27H33NO3/c1-19-11-12-24-23(13-19)26(30)22(18-31-24)17-28(16-21-9-7-6-8-10-21)25(29)14-20(2)15-27(3,4)5/h6-13,18,20H,14-17H2,1-5H3/t20-/m0/s1. The normalized spacial score (nSPS) is 12.7. The molecule has 0 fully saturated rings. The third-order valence-corrected chi connectivity index (χ3v) is 5.41. The van der Waals surface area contributed by atoms with Crippen LogP contribution >= 0.6 is 0 Å². The molecular weight excluding hydrogens is 386 g/mol. The van der Waals surface area contributed by atoms with Crippen molar-refractivity contribution >= 4 is 16.9 Å². The topological polar surface area (TPSA) is 50.5 Å². The maximum Gasteiger partial charge on any atom is 0.223 e. The number of fused-ring (bicyclic) bond motifs is 1. The van der Waals surface area contributed by atoms with E-state index in [-0.39, 0.29) is 29.2 Å². The summed E-state index contributed by atoms with van der Waals surface area (Å²) in [5.41, 5.74) is 3.22. The van der Waals surface area contributed by atoms with Crippen molar-refractivity contribution in [3.63, 3.8) is 0 Å². The summed E-state index contributed by atoms with van der Waals surface area (Å²) in [4.78, 5) is 28.2. The highest BCUT2D eigenvalue weighted by molar-refractivity contribution is 5.78. The lowest BCUT2D eigenvalue weighted by Crippen LogP contribution is -2.33. The molecule has 31 heavy (non-hydrogen) atoms. The summed E-state index contributed by atoms with van der Waals surface area (Å²) in [5.74, 6) is 0.325. The van der Waals surface area contributed by atoms with Crippen LogP contribution in [-0.4, -0.2) is 10.8 Å². The fourth-order valence-corrected chi connectivity index (χ4v) is 4.18. The summed E-state index contributed by atoms with van der Waals surface area (Å²) in [6.45, 7) is 11.4. The highest BCUT2D eigenvalue weighted by Crippen LogP contribution is 2.27. The first kappa shape index (κ1) is 22.8. The second kappa shape index (κ2) is 9.51. The van der Waals surface area contributed by atoms with E-state index < -0.39 is 0 Å². The van der Waals surface area contributed by atoms with E-state index in [1.54, 1.807) is 4.90 Å². The minimum Gasteiger partial charge on any atom is -0.464 e. The van der Waals surface area contributed by atoms with Crippen LogP contribution in [0.4, 0.5) is 0 Å². The van der Waals surface area contributed by atoms with Crippen LogP contribution in [0.5, 0.6) is 0 Å². The molecule has 0 radical (unpaired) electrons. The molecule has 1 amide bonds. The smallest absolute Gasteiger partial charge is 0.223 e. The Kier molecular flexibility index (Phi) is 6.99. The van der Waals surface area contributed by atoms with Crippen molar-refractivity contribution in [2.75, 3.05) is 0 Å². The summed E-state index contributed by atoms with van der Waals surface area (Å²) >= 11 is 0. The number of rotatable bonds is 7. The molecule has 1 aromatic heterocycles. The highest BCUT2D eigenvalue weighted by atomic mass is 16.3. The van der Waals surface area contributed by atoms with Gasteiger partial charge in [-0.05, 0) is 42.4 Å². The minimum absolute atomic E-state index is 0.0596. The Labute approximate surface area is 184 Å². The lowest BCUT2D eigenvalue weighted by atomic mass is 9.84. The Hall–Kier alpha value is -2.88. The van der Waals surface area contributed by atoms with Crippen molar-refractivity contribution < 1.29 is 9.21 Å². The third-order valence-electron chi connectivity index (χ3n) is 5.41. The summed E-state index contributed by atoms with van der Waals surface area (Å²) in [6, 6.07) is 15.5. The number of hydrogen-bond donors (Lipinski definition) is 0. The maximum atomic E-state index is 13.3. The number of amides is 1. The second-order valence-corrected chi connectivity index (χ2v) is 9.90. The molecule has 0 unspecified atom stereocenters. The Morgan fingerprint density at radius 2 is 1.77 bits per heavy atom. The van der Waals surface area contributed by atoms with E-state index in [1.165, 1.54) is 6.26 Å². The zero-order valence-corrected chi connectivity index (χ0v) is 19.3. The van der Waals surface area contributed by atoms with E-state index in [0.29, 0.717) is 29.5 Å². The number of carbonyl (C=O) groups excluding carboxylic acids is 1. The van der Waals surface area contributed by atoms with Gasteiger partial charge < -0.3 is 9.32 Å². The van der Waals surface area contributed by atoms with E-state index in [9.17, 15) is 9.59 Å². The highest BCUT2D eigenvalue weighted by Gasteiger charge is 2.22. The average Bonchev–Trinajstić information content (AvgIpc) is 2.69. The lowest BCUT2D eigenvalue weighted by molar-refractivity contribution is -0.133. The predicted molar refractivity (Wildman–Crippen MR) is 126 cm³/mol. The van der Waals surface area contributed by atoms with Gasteiger partial charge in [0.2, 0.25) is 5.91 Å². The molecule has 164 valence electrons. The molecule has 0 saturated carbocycles. The first-order valence-electron chi connectivity index (χ1n) is 10.9. The van der Waals surface area contributed by atoms with Gasteiger partial charge in [0.1, 0.15) is 5.58 Å². The second-order valence-electron chi connectivity index (χ2n) is 9.90. The van der Waals surface area contributed by atoms with Crippen LogP contribution in [-0.2, 0) is 17.9 Å². The van der Waals surface area contributed by atoms with E-state index in [2.05, 4.69) is 27.7 Å². The van der Waals surface area contributed by atoms with Gasteiger partial charge >= 0.3 is 0 Å². The predicted octanol–water partition coefficient (Wildman–Crippen LogP) is 6.09. The van der Waals surface area contributed by atoms with Crippen LogP contribution in [0.1, 0.15) is 57.2 Å². The first-order chi connectivity index (χ1) is 14.6. The van der Waals surface area contributed by atoms with Crippen molar-refractivity contribution in [1.29, 1.82) is 0 Å². The summed E-state index contributed by atoms with van der Waals surface area (Å²) < 4.78 is 5.72. The largest absolute Gasteiger partial charge is 0.464 e. The third kappa shape index (κ3) is 6.30. The number of hydrogen-bond acceptors (Lipinski definition) is 3. The molecule has 0 spiro atoms. The number of benzene rings is 2. The quantitative estimate of drug-likeness (QED) is 0.465. The Morgan fingerprint density at radius 3 is 2.45 bits per heavy atom. The van der Waals surface area contributed by atoms with Gasteiger partial charge in [0, 0.05) is 13.0 Å². The number of nitrogens with zero attached hydrogens (tertiary/aromatic N) is 1. The van der Waals surface area contributed by atoms with Gasteiger partial charge in [-0.15, -0.1) is 0 Å². The maximum absolute atomic E-state index is 13.3. The van der Waals surface area contributed by atoms with Gasteiger partial charge in [-0.3, -0.25) is 9.59 Å². The molecule has 3 aromatic rings. The summed E-state index contributed by atoms with van der Waals surface area (Å²) in [7, 11) is 0. The van der Waals surface area contributed by atoms with Crippen LogP contribution < -0.4 is 5.43 Å². The lowest BCUT2D eigenvalue weighted by Gasteiger charge is -2.27. The molecule has 0 saturated heterocycles. The summed E-state index contributed by atoms with van der Waals surface area (Å²) in [5, 5.41) is 0.561. The van der Waals surface area contributed by atoms with Crippen molar-refractivity contribution in [2.24, 2.45) is 11.3 Å². The van der Waals surface area contributed by atoms with Gasteiger partial charge in [0.05, 0.1) is 23.8 Å². The van der Waals surface area contributed by atoms with Crippen LogP contribution in [0.25, 0.3) is 11.0 Å². The van der Waals surface area contributed by atoms with Crippen LogP contribution in [0.3, 0.4) is 0 Å². The van der Waals surface area contributed by atoms with Crippen molar-refractivity contribution in [1.82, 2.24) is 4.90 Å². The molecule has 3 rings (SSSR count). The Balaban J connectivity index is 1.88. The van der Waals surface area contributed by atoms with E-state index in [0.717, 1.165) is 17.5 Å². The fraction of sp³-hybridized carbons (Fsp3) is 0.407. The molecule has 1 atom stereocenters. The number of carbonyl (C=O) groups is 1. The molecule has 2 aromatic carbocycles. The molecule has 4 heteroatoms. The van der Waals surface area contributed by atoms with Gasteiger partial charge in [-0.25, -0.2) is 0 Å². The van der Waals surface area contributed by atoms with Gasteiger partial charge in [-0.1, -0.05) is 69.7 Å². The van der Waals surface area contributed by atoms with Gasteiger partial charge in [0.25, 0.3) is 0 Å². The monoisotopic (exact) mass is 419 g/mol. The van der Waals surface area contributed by atoms with Gasteiger partial charge in [-0.2, -0.15) is 0 Å². The van der Waals surface area contributed by atoms with Crippen molar-refractivity contribution in [2.45, 2.75) is 60.5 Å². The molecule has 0 aliphatic carbocycles. The summed E-state index contributed by atoms with van der Waals surface area (Å²) in [6.07, 6.45) is 2.93. The van der Waals surface area contributed by atoms with Crippen molar-refractivity contribution in [3.8, 4) is 0 Å². The zero-order chi connectivity index (χ0) is 22.6. The minimum atomic E-state index is -0.0708. The van der Waals surface area contributed by atoms with Crippen molar-refractivity contribution in [3.05, 3.63) is 81.7 Å². The molecule has 4 nitrogen and oxygen atoms in total. The van der Waals surface area contributed by atoms with Crippen LogP contribution in [0.15, 0.2) is 64.0 Å². The Bertz CT molecular complexity index is 1090. The first-order valence-corrected chi connectivity index (χ1v) is 10.9. The van der Waals surface area contributed by atoms with E-state index >= 15 is 0 Å². The van der Waals surface area contributed by atoms with E-state index in [4.69, 9.17) is 4.42 Å². The molecular formula is C27H33NO3. The van der Waals surface area contributed by atoms with Gasteiger partial charge in [0.15, 0.2) is 5.43 Å².